The lowest BCUT2D eigenvalue weighted by atomic mass is 9.81. The fourth-order valence-corrected chi connectivity index (χ4v) is 1.84. The Morgan fingerprint density at radius 2 is 2.18 bits per heavy atom. The Morgan fingerprint density at radius 1 is 1.41 bits per heavy atom. The van der Waals surface area contributed by atoms with Gasteiger partial charge in [0.05, 0.1) is 20.4 Å². The smallest absolute Gasteiger partial charge is 0.246 e. The highest BCUT2D eigenvalue weighted by Crippen LogP contribution is 2.31. The summed E-state index contributed by atoms with van der Waals surface area (Å²) in [5.74, 6) is 1.11. The Morgan fingerprint density at radius 3 is 2.71 bits per heavy atom. The monoisotopic (exact) mass is 236 g/mol. The Labute approximate surface area is 100 Å². The van der Waals surface area contributed by atoms with E-state index in [1.165, 1.54) is 26.8 Å². The fourth-order valence-electron chi connectivity index (χ4n) is 1.84. The zero-order valence-corrected chi connectivity index (χ0v) is 10.1. The molecule has 0 N–H and O–H groups in total. The molecular weight excluding hydrogens is 220 g/mol. The summed E-state index contributed by atoms with van der Waals surface area (Å²) in [6, 6.07) is 0. The molecule has 1 saturated carbocycles. The van der Waals surface area contributed by atoms with Crippen LogP contribution in [0.5, 0.6) is 11.8 Å². The van der Waals surface area contributed by atoms with Crippen LogP contribution in [-0.2, 0) is 0 Å². The van der Waals surface area contributed by atoms with E-state index < -0.39 is 0 Å². The normalized spacial score (nSPS) is 15.2. The number of carbonyl (C=O) groups is 1. The van der Waals surface area contributed by atoms with Gasteiger partial charge in [-0.2, -0.15) is 4.98 Å². The first-order chi connectivity index (χ1) is 8.24. The maximum atomic E-state index is 12.0. The van der Waals surface area contributed by atoms with Crippen molar-refractivity contribution in [1.29, 1.82) is 0 Å². The van der Waals surface area contributed by atoms with Crippen molar-refractivity contribution in [3.63, 3.8) is 0 Å². The van der Waals surface area contributed by atoms with Crippen LogP contribution >= 0.6 is 0 Å². The molecule has 5 heteroatoms. The van der Waals surface area contributed by atoms with Crippen LogP contribution in [0.3, 0.4) is 0 Å². The summed E-state index contributed by atoms with van der Waals surface area (Å²) < 4.78 is 10.0. The van der Waals surface area contributed by atoms with E-state index in [1.807, 2.05) is 0 Å². The molecule has 0 bridgehead atoms. The number of hydrogen-bond acceptors (Lipinski definition) is 5. The van der Waals surface area contributed by atoms with E-state index in [4.69, 9.17) is 9.47 Å². The molecule has 1 aliphatic carbocycles. The zero-order chi connectivity index (χ0) is 12.3. The van der Waals surface area contributed by atoms with Gasteiger partial charge >= 0.3 is 0 Å². The second-order valence-electron chi connectivity index (χ2n) is 4.19. The number of rotatable bonds is 5. The van der Waals surface area contributed by atoms with Gasteiger partial charge in [-0.05, 0) is 5.92 Å². The molecule has 0 spiro atoms. The third-order valence-corrected chi connectivity index (χ3v) is 3.08. The summed E-state index contributed by atoms with van der Waals surface area (Å²) >= 11 is 0. The van der Waals surface area contributed by atoms with Gasteiger partial charge in [0.15, 0.2) is 11.5 Å². The second-order valence-corrected chi connectivity index (χ2v) is 4.19. The molecule has 0 unspecified atom stereocenters. The number of aromatic nitrogens is 2. The van der Waals surface area contributed by atoms with E-state index in [0.29, 0.717) is 23.9 Å². The number of methoxy groups -OCH3 is 2. The van der Waals surface area contributed by atoms with Crippen molar-refractivity contribution in [3.05, 3.63) is 11.9 Å². The lowest BCUT2D eigenvalue weighted by Gasteiger charge is -2.24. The van der Waals surface area contributed by atoms with Crippen molar-refractivity contribution in [2.24, 2.45) is 5.92 Å². The first-order valence-corrected chi connectivity index (χ1v) is 5.72. The van der Waals surface area contributed by atoms with Gasteiger partial charge in [0.1, 0.15) is 0 Å². The summed E-state index contributed by atoms with van der Waals surface area (Å²) in [7, 11) is 2.98. The van der Waals surface area contributed by atoms with Gasteiger partial charge in [-0.15, -0.1) is 0 Å². The third kappa shape index (κ3) is 2.54. The van der Waals surface area contributed by atoms with E-state index in [-0.39, 0.29) is 11.7 Å². The number of Topliss-reactive ketones (excluding diaryl/α,β-unsaturated/α-hetero) is 1. The maximum absolute atomic E-state index is 12.0. The topological polar surface area (TPSA) is 61.3 Å². The molecule has 0 aliphatic heterocycles. The predicted octanol–water partition coefficient (Wildman–Crippen LogP) is 1.87. The minimum absolute atomic E-state index is 0.00158. The average molecular weight is 236 g/mol. The molecular formula is C12H16N2O3. The van der Waals surface area contributed by atoms with Crippen LogP contribution in [-0.4, -0.2) is 30.0 Å². The van der Waals surface area contributed by atoms with Crippen LogP contribution in [0.1, 0.15) is 36.2 Å². The molecule has 0 aromatic carbocycles. The molecule has 1 fully saturated rings. The summed E-state index contributed by atoms with van der Waals surface area (Å²) in [6.07, 6.45) is 5.48. The van der Waals surface area contributed by atoms with Crippen molar-refractivity contribution in [2.75, 3.05) is 14.2 Å². The van der Waals surface area contributed by atoms with Gasteiger partial charge in [-0.3, -0.25) is 4.79 Å². The Balaban J connectivity index is 2.15. The molecule has 0 atom stereocenters. The zero-order valence-electron chi connectivity index (χ0n) is 10.1. The highest BCUT2D eigenvalue weighted by molar-refractivity contribution is 5.96. The van der Waals surface area contributed by atoms with E-state index in [0.717, 1.165) is 12.8 Å². The van der Waals surface area contributed by atoms with E-state index in [1.54, 1.807) is 0 Å². The summed E-state index contributed by atoms with van der Waals surface area (Å²) in [4.78, 5) is 20.1. The van der Waals surface area contributed by atoms with Crippen LogP contribution in [0.25, 0.3) is 0 Å². The summed E-state index contributed by atoms with van der Waals surface area (Å²) in [5.41, 5.74) is 0.306. The third-order valence-electron chi connectivity index (χ3n) is 3.08. The summed E-state index contributed by atoms with van der Waals surface area (Å²) in [5, 5.41) is 0. The predicted molar refractivity (Wildman–Crippen MR) is 61.4 cm³/mol. The van der Waals surface area contributed by atoms with Gasteiger partial charge in [-0.1, -0.05) is 19.3 Å². The Kier molecular flexibility index (Phi) is 3.56. The van der Waals surface area contributed by atoms with Crippen molar-refractivity contribution in [2.45, 2.75) is 25.7 Å². The van der Waals surface area contributed by atoms with Crippen LogP contribution in [0.4, 0.5) is 0 Å². The Hall–Kier alpha value is -1.65. The van der Waals surface area contributed by atoms with Gasteiger partial charge in [0.25, 0.3) is 0 Å². The SMILES string of the molecule is COc1cnc(C(=O)CC2CCC2)c(OC)n1. The average Bonchev–Trinajstić information content (AvgIpc) is 2.32. The number of hydrogen-bond donors (Lipinski definition) is 0. The van der Waals surface area contributed by atoms with Crippen LogP contribution in [0.15, 0.2) is 6.20 Å². The fraction of sp³-hybridized carbons (Fsp3) is 0.583. The summed E-state index contributed by atoms with van der Waals surface area (Å²) in [6.45, 7) is 0. The highest BCUT2D eigenvalue weighted by atomic mass is 16.5. The second kappa shape index (κ2) is 5.12. The molecule has 17 heavy (non-hydrogen) atoms. The van der Waals surface area contributed by atoms with Gasteiger partial charge in [0, 0.05) is 6.42 Å². The van der Waals surface area contributed by atoms with E-state index in [9.17, 15) is 4.79 Å². The standard InChI is InChI=1S/C12H16N2O3/c1-16-10-7-13-11(12(14-10)17-2)9(15)6-8-4-3-5-8/h7-8H,3-6H2,1-2H3. The molecule has 5 nitrogen and oxygen atoms in total. The molecule has 2 rings (SSSR count). The largest absolute Gasteiger partial charge is 0.480 e. The van der Waals surface area contributed by atoms with Crippen molar-refractivity contribution < 1.29 is 14.3 Å². The molecule has 0 amide bonds. The molecule has 1 aliphatic rings. The van der Waals surface area contributed by atoms with Crippen molar-refractivity contribution >= 4 is 5.78 Å². The molecule has 1 aromatic rings. The molecule has 1 heterocycles. The quantitative estimate of drug-likeness (QED) is 0.730. The number of nitrogens with zero attached hydrogens (tertiary/aromatic N) is 2. The molecule has 92 valence electrons. The minimum Gasteiger partial charge on any atom is -0.480 e. The van der Waals surface area contributed by atoms with E-state index >= 15 is 0 Å². The van der Waals surface area contributed by atoms with Gasteiger partial charge < -0.3 is 9.47 Å². The minimum atomic E-state index is 0.00158. The number of ketones is 1. The molecule has 1 aromatic heterocycles. The lowest BCUT2D eigenvalue weighted by Crippen LogP contribution is -2.17. The van der Waals surface area contributed by atoms with Crippen molar-refractivity contribution in [1.82, 2.24) is 9.97 Å². The maximum Gasteiger partial charge on any atom is 0.246 e. The van der Waals surface area contributed by atoms with Crippen LogP contribution in [0.2, 0.25) is 0 Å². The van der Waals surface area contributed by atoms with E-state index in [2.05, 4.69) is 9.97 Å². The first-order valence-electron chi connectivity index (χ1n) is 5.72. The highest BCUT2D eigenvalue weighted by Gasteiger charge is 2.24. The van der Waals surface area contributed by atoms with Gasteiger partial charge in [-0.25, -0.2) is 4.98 Å². The molecule has 0 saturated heterocycles. The number of ether oxygens (including phenoxy) is 2. The van der Waals surface area contributed by atoms with Gasteiger partial charge in [0.2, 0.25) is 11.8 Å². The van der Waals surface area contributed by atoms with Crippen molar-refractivity contribution in [3.8, 4) is 11.8 Å². The lowest BCUT2D eigenvalue weighted by molar-refractivity contribution is 0.0927. The first kappa shape index (κ1) is 11.8. The number of carbonyl (C=O) groups excluding carboxylic acids is 1. The molecule has 0 radical (unpaired) electrons. The van der Waals surface area contributed by atoms with Crippen LogP contribution in [0, 0.1) is 5.92 Å². The van der Waals surface area contributed by atoms with Crippen LogP contribution < -0.4 is 9.47 Å². The Bertz CT molecular complexity index is 416.